The molecule has 0 aromatic carbocycles. The topological polar surface area (TPSA) is 34.4 Å². The van der Waals surface area contributed by atoms with E-state index in [4.69, 9.17) is 9.15 Å². The molecule has 3 nitrogen and oxygen atoms in total. The van der Waals surface area contributed by atoms with Crippen LogP contribution in [0.1, 0.15) is 25.5 Å². The van der Waals surface area contributed by atoms with Crippen LogP contribution in [0.2, 0.25) is 0 Å². The molecular formula is C12H19NO2. The number of hydrogen-bond donors (Lipinski definition) is 1. The number of ether oxygens (including phenoxy) is 1. The van der Waals surface area contributed by atoms with Crippen LogP contribution in [0.3, 0.4) is 0 Å². The van der Waals surface area contributed by atoms with E-state index in [2.05, 4.69) is 12.2 Å². The van der Waals surface area contributed by atoms with Crippen molar-refractivity contribution in [3.63, 3.8) is 0 Å². The molecule has 3 heteroatoms. The first-order valence-corrected chi connectivity index (χ1v) is 5.55. The number of rotatable bonds is 3. The predicted octanol–water partition coefficient (Wildman–Crippen LogP) is 1.98. The summed E-state index contributed by atoms with van der Waals surface area (Å²) in [4.78, 5) is 0. The Hall–Kier alpha value is -0.800. The van der Waals surface area contributed by atoms with Crippen LogP contribution in [0, 0.1) is 0 Å². The minimum absolute atomic E-state index is 0.0796. The first kappa shape index (κ1) is 10.7. The molecule has 0 spiro atoms. The molecule has 1 aliphatic rings. The molecule has 0 saturated carbocycles. The molecule has 2 unspecified atom stereocenters. The number of furan rings is 1. The number of hydrogen-bond acceptors (Lipinski definition) is 3. The van der Waals surface area contributed by atoms with Gasteiger partial charge in [-0.3, -0.25) is 0 Å². The van der Waals surface area contributed by atoms with Gasteiger partial charge in [-0.25, -0.2) is 0 Å². The highest BCUT2D eigenvalue weighted by atomic mass is 16.5. The van der Waals surface area contributed by atoms with Gasteiger partial charge in [-0.2, -0.15) is 0 Å². The maximum absolute atomic E-state index is 5.87. The molecule has 2 rings (SSSR count). The van der Waals surface area contributed by atoms with Crippen molar-refractivity contribution >= 4 is 0 Å². The summed E-state index contributed by atoms with van der Waals surface area (Å²) in [6, 6.07) is 4.51. The van der Waals surface area contributed by atoms with Crippen molar-refractivity contribution in [1.82, 2.24) is 5.32 Å². The Bertz CT molecular complexity index is 297. The van der Waals surface area contributed by atoms with Gasteiger partial charge in [0.1, 0.15) is 5.76 Å². The molecule has 2 atom stereocenters. The molecule has 1 aromatic heterocycles. The van der Waals surface area contributed by atoms with Crippen LogP contribution < -0.4 is 5.32 Å². The monoisotopic (exact) mass is 209 g/mol. The van der Waals surface area contributed by atoms with Crippen molar-refractivity contribution in [2.75, 3.05) is 13.7 Å². The van der Waals surface area contributed by atoms with Crippen molar-refractivity contribution in [1.29, 1.82) is 0 Å². The van der Waals surface area contributed by atoms with Crippen molar-refractivity contribution in [3.05, 3.63) is 24.2 Å². The van der Waals surface area contributed by atoms with Crippen LogP contribution in [0.5, 0.6) is 0 Å². The SMILES string of the molecule is CNC1CCOC(C)(Cc2ccco2)C1. The lowest BCUT2D eigenvalue weighted by atomic mass is 9.88. The minimum Gasteiger partial charge on any atom is -0.469 e. The van der Waals surface area contributed by atoms with E-state index in [0.717, 1.165) is 31.6 Å². The lowest BCUT2D eigenvalue weighted by Crippen LogP contribution is -2.45. The van der Waals surface area contributed by atoms with Crippen LogP contribution in [-0.2, 0) is 11.2 Å². The molecule has 1 aliphatic heterocycles. The first-order chi connectivity index (χ1) is 7.22. The van der Waals surface area contributed by atoms with E-state index in [-0.39, 0.29) is 5.60 Å². The molecule has 0 radical (unpaired) electrons. The Kier molecular flexibility index (Phi) is 3.12. The average Bonchev–Trinajstić information content (AvgIpc) is 2.69. The summed E-state index contributed by atoms with van der Waals surface area (Å²) in [5.74, 6) is 1.01. The van der Waals surface area contributed by atoms with Crippen LogP contribution >= 0.6 is 0 Å². The zero-order valence-corrected chi connectivity index (χ0v) is 9.45. The third-order valence-electron chi connectivity index (χ3n) is 3.13. The molecule has 1 fully saturated rings. The van der Waals surface area contributed by atoms with E-state index >= 15 is 0 Å². The summed E-state index contributed by atoms with van der Waals surface area (Å²) in [6.07, 6.45) is 4.73. The van der Waals surface area contributed by atoms with E-state index in [1.165, 1.54) is 0 Å². The lowest BCUT2D eigenvalue weighted by Gasteiger charge is -2.37. The first-order valence-electron chi connectivity index (χ1n) is 5.55. The standard InChI is InChI=1S/C12H19NO2/c1-12(9-11-4-3-6-14-11)8-10(13-2)5-7-15-12/h3-4,6,10,13H,5,7-9H2,1-2H3. The molecule has 0 amide bonds. The van der Waals surface area contributed by atoms with E-state index in [1.54, 1.807) is 6.26 Å². The number of nitrogens with one attached hydrogen (secondary N) is 1. The smallest absolute Gasteiger partial charge is 0.106 e. The van der Waals surface area contributed by atoms with Crippen molar-refractivity contribution in [2.24, 2.45) is 0 Å². The van der Waals surface area contributed by atoms with Gasteiger partial charge in [0, 0.05) is 19.1 Å². The minimum atomic E-state index is -0.0796. The van der Waals surface area contributed by atoms with E-state index in [1.807, 2.05) is 19.2 Å². The second kappa shape index (κ2) is 4.37. The maximum Gasteiger partial charge on any atom is 0.106 e. The zero-order chi connectivity index (χ0) is 10.7. The summed E-state index contributed by atoms with van der Waals surface area (Å²) in [5, 5.41) is 3.33. The Balaban J connectivity index is 1.99. The van der Waals surface area contributed by atoms with Gasteiger partial charge in [-0.1, -0.05) is 0 Å². The Morgan fingerprint density at radius 2 is 2.47 bits per heavy atom. The van der Waals surface area contributed by atoms with Gasteiger partial charge in [-0.15, -0.1) is 0 Å². The molecule has 84 valence electrons. The van der Waals surface area contributed by atoms with Crippen LogP contribution in [-0.4, -0.2) is 25.3 Å². The van der Waals surface area contributed by atoms with Gasteiger partial charge >= 0.3 is 0 Å². The largest absolute Gasteiger partial charge is 0.469 e. The summed E-state index contributed by atoms with van der Waals surface area (Å²) in [6.45, 7) is 3.00. The van der Waals surface area contributed by atoms with E-state index in [9.17, 15) is 0 Å². The van der Waals surface area contributed by atoms with Gasteiger partial charge in [0.2, 0.25) is 0 Å². The fraction of sp³-hybridized carbons (Fsp3) is 0.667. The molecular weight excluding hydrogens is 190 g/mol. The Morgan fingerprint density at radius 1 is 1.60 bits per heavy atom. The van der Waals surface area contributed by atoms with Crippen molar-refractivity contribution in [2.45, 2.75) is 37.8 Å². The predicted molar refractivity (Wildman–Crippen MR) is 58.9 cm³/mol. The molecule has 15 heavy (non-hydrogen) atoms. The third kappa shape index (κ3) is 2.61. The zero-order valence-electron chi connectivity index (χ0n) is 9.45. The van der Waals surface area contributed by atoms with Gasteiger partial charge in [0.05, 0.1) is 11.9 Å². The fourth-order valence-corrected chi connectivity index (χ4v) is 2.28. The normalized spacial score (nSPS) is 31.7. The average molecular weight is 209 g/mol. The Labute approximate surface area is 90.8 Å². The molecule has 0 bridgehead atoms. The summed E-state index contributed by atoms with van der Waals surface area (Å²) < 4.78 is 11.2. The molecule has 2 heterocycles. The van der Waals surface area contributed by atoms with Crippen molar-refractivity contribution in [3.8, 4) is 0 Å². The molecule has 0 aliphatic carbocycles. The van der Waals surface area contributed by atoms with Gasteiger partial charge < -0.3 is 14.5 Å². The summed E-state index contributed by atoms with van der Waals surface area (Å²) in [5.41, 5.74) is -0.0796. The Morgan fingerprint density at radius 3 is 3.13 bits per heavy atom. The maximum atomic E-state index is 5.87. The molecule has 1 aromatic rings. The van der Waals surface area contributed by atoms with Crippen LogP contribution in [0.25, 0.3) is 0 Å². The molecule has 1 N–H and O–H groups in total. The van der Waals surface area contributed by atoms with Gasteiger partial charge in [0.15, 0.2) is 0 Å². The highest BCUT2D eigenvalue weighted by Crippen LogP contribution is 2.28. The second-order valence-electron chi connectivity index (χ2n) is 4.53. The highest BCUT2D eigenvalue weighted by Gasteiger charge is 2.33. The van der Waals surface area contributed by atoms with Crippen LogP contribution in [0.4, 0.5) is 0 Å². The quantitative estimate of drug-likeness (QED) is 0.826. The van der Waals surface area contributed by atoms with Gasteiger partial charge in [-0.05, 0) is 38.9 Å². The fourth-order valence-electron chi connectivity index (χ4n) is 2.28. The van der Waals surface area contributed by atoms with E-state index < -0.39 is 0 Å². The van der Waals surface area contributed by atoms with E-state index in [0.29, 0.717) is 6.04 Å². The van der Waals surface area contributed by atoms with Crippen LogP contribution in [0.15, 0.2) is 22.8 Å². The summed E-state index contributed by atoms with van der Waals surface area (Å²) in [7, 11) is 2.02. The second-order valence-corrected chi connectivity index (χ2v) is 4.53. The lowest BCUT2D eigenvalue weighted by molar-refractivity contribution is -0.0768. The third-order valence-corrected chi connectivity index (χ3v) is 3.13. The van der Waals surface area contributed by atoms with Crippen molar-refractivity contribution < 1.29 is 9.15 Å². The summed E-state index contributed by atoms with van der Waals surface area (Å²) >= 11 is 0. The van der Waals surface area contributed by atoms with Gasteiger partial charge in [0.25, 0.3) is 0 Å². The molecule has 1 saturated heterocycles. The highest BCUT2D eigenvalue weighted by molar-refractivity contribution is 5.04.